The molecule has 0 aromatic carbocycles. The zero-order valence-corrected chi connectivity index (χ0v) is 13.2. The molecule has 0 atom stereocenters. The van der Waals surface area contributed by atoms with E-state index in [-0.39, 0.29) is 30.9 Å². The highest BCUT2D eigenvalue weighted by atomic mass is 16.5. The van der Waals surface area contributed by atoms with Crippen LogP contribution in [0.25, 0.3) is 0 Å². The fourth-order valence-electron chi connectivity index (χ4n) is 1.95. The Bertz CT molecular complexity index is 546. The molecule has 0 N–H and O–H groups in total. The van der Waals surface area contributed by atoms with Crippen molar-refractivity contribution in [1.82, 2.24) is 9.47 Å². The maximum atomic E-state index is 12.6. The van der Waals surface area contributed by atoms with Crippen LogP contribution in [0.5, 0.6) is 0 Å². The Morgan fingerprint density at radius 3 is 2.38 bits per heavy atom. The highest BCUT2D eigenvalue weighted by Crippen LogP contribution is 2.13. The van der Waals surface area contributed by atoms with Gasteiger partial charge >= 0.3 is 5.97 Å². The average molecular weight is 294 g/mol. The first-order valence-electron chi connectivity index (χ1n) is 6.91. The van der Waals surface area contributed by atoms with Crippen LogP contribution in [0, 0.1) is 0 Å². The van der Waals surface area contributed by atoms with Gasteiger partial charge in [-0.2, -0.15) is 0 Å². The molecular formula is C15H22N2O4. The second-order valence-electron chi connectivity index (χ2n) is 5.11. The summed E-state index contributed by atoms with van der Waals surface area (Å²) in [6.45, 7) is 6.98. The van der Waals surface area contributed by atoms with Gasteiger partial charge in [-0.3, -0.25) is 14.4 Å². The van der Waals surface area contributed by atoms with Crippen molar-refractivity contribution >= 4 is 17.7 Å². The Kier molecular flexibility index (Phi) is 5.69. The quantitative estimate of drug-likeness (QED) is 0.591. The third-order valence-corrected chi connectivity index (χ3v) is 3.12. The number of aryl methyl sites for hydroxylation is 1. The molecular weight excluding hydrogens is 272 g/mol. The van der Waals surface area contributed by atoms with Crippen molar-refractivity contribution in [3.63, 3.8) is 0 Å². The molecule has 6 nitrogen and oxygen atoms in total. The van der Waals surface area contributed by atoms with Gasteiger partial charge in [0.25, 0.3) is 5.91 Å². The third kappa shape index (κ3) is 4.18. The molecule has 116 valence electrons. The first kappa shape index (κ1) is 16.9. The number of aromatic nitrogens is 1. The molecule has 1 heterocycles. The van der Waals surface area contributed by atoms with Crippen LogP contribution in [0.4, 0.5) is 0 Å². The minimum absolute atomic E-state index is 0.105. The van der Waals surface area contributed by atoms with Gasteiger partial charge in [-0.1, -0.05) is 0 Å². The number of carbonyl (C=O) groups excluding carboxylic acids is 3. The topological polar surface area (TPSA) is 68.6 Å². The Hall–Kier alpha value is -2.11. The summed E-state index contributed by atoms with van der Waals surface area (Å²) < 4.78 is 6.49. The lowest BCUT2D eigenvalue weighted by molar-refractivity contribution is -0.144. The zero-order chi connectivity index (χ0) is 16.2. The number of rotatable bonds is 6. The number of nitrogens with zero attached hydrogens (tertiary/aromatic N) is 2. The average Bonchev–Trinajstić information content (AvgIpc) is 2.77. The largest absolute Gasteiger partial charge is 0.465 e. The molecule has 0 radical (unpaired) electrons. The van der Waals surface area contributed by atoms with Gasteiger partial charge in [-0.15, -0.1) is 0 Å². The Morgan fingerprint density at radius 2 is 1.95 bits per heavy atom. The lowest BCUT2D eigenvalue weighted by Crippen LogP contribution is -2.41. The smallest absolute Gasteiger partial charge is 0.325 e. The number of ether oxygens (including phenoxy) is 1. The standard InChI is InChI=1S/C15H22N2O4/c1-6-21-14(19)9-17(10(2)3)15(20)13-7-12(11(4)18)8-16(13)5/h7-8,10H,6,9H2,1-5H3. The maximum absolute atomic E-state index is 12.6. The lowest BCUT2D eigenvalue weighted by atomic mass is 10.2. The Balaban J connectivity index is 3.01. The van der Waals surface area contributed by atoms with Crippen molar-refractivity contribution in [3.8, 4) is 0 Å². The first-order valence-corrected chi connectivity index (χ1v) is 6.91. The van der Waals surface area contributed by atoms with Crippen molar-refractivity contribution in [3.05, 3.63) is 23.5 Å². The predicted octanol–water partition coefficient (Wildman–Crippen LogP) is 1.64. The summed E-state index contributed by atoms with van der Waals surface area (Å²) in [4.78, 5) is 37.0. The van der Waals surface area contributed by atoms with E-state index in [9.17, 15) is 14.4 Å². The Labute approximate surface area is 124 Å². The van der Waals surface area contributed by atoms with E-state index in [0.717, 1.165) is 0 Å². The summed E-state index contributed by atoms with van der Waals surface area (Å²) in [7, 11) is 1.70. The van der Waals surface area contributed by atoms with Crippen LogP contribution in [-0.4, -0.2) is 46.3 Å². The van der Waals surface area contributed by atoms with Crippen LogP contribution in [0.15, 0.2) is 12.3 Å². The summed E-state index contributed by atoms with van der Waals surface area (Å²) in [5.41, 5.74) is 0.846. The SMILES string of the molecule is CCOC(=O)CN(C(=O)c1cc(C(C)=O)cn1C)C(C)C. The van der Waals surface area contributed by atoms with E-state index in [1.54, 1.807) is 30.8 Å². The van der Waals surface area contributed by atoms with Crippen molar-refractivity contribution < 1.29 is 19.1 Å². The van der Waals surface area contributed by atoms with Crippen molar-refractivity contribution in [1.29, 1.82) is 0 Å². The van der Waals surface area contributed by atoms with Crippen molar-refractivity contribution in [2.75, 3.05) is 13.2 Å². The molecule has 6 heteroatoms. The zero-order valence-electron chi connectivity index (χ0n) is 13.2. The van der Waals surface area contributed by atoms with Crippen molar-refractivity contribution in [2.45, 2.75) is 33.7 Å². The van der Waals surface area contributed by atoms with Crippen LogP contribution >= 0.6 is 0 Å². The van der Waals surface area contributed by atoms with Gasteiger partial charge in [0, 0.05) is 24.8 Å². The summed E-state index contributed by atoms with van der Waals surface area (Å²) >= 11 is 0. The number of carbonyl (C=O) groups is 3. The van der Waals surface area contributed by atoms with E-state index in [1.807, 2.05) is 13.8 Å². The number of esters is 1. The highest BCUT2D eigenvalue weighted by molar-refractivity contribution is 6.00. The van der Waals surface area contributed by atoms with Crippen LogP contribution in [0.3, 0.4) is 0 Å². The van der Waals surface area contributed by atoms with Gasteiger partial charge in [0.1, 0.15) is 12.2 Å². The van der Waals surface area contributed by atoms with Crippen LogP contribution in [0.2, 0.25) is 0 Å². The molecule has 21 heavy (non-hydrogen) atoms. The van der Waals surface area contributed by atoms with Gasteiger partial charge in [0.15, 0.2) is 5.78 Å². The molecule has 0 saturated carbocycles. The summed E-state index contributed by atoms with van der Waals surface area (Å²) in [5, 5.41) is 0. The molecule has 1 rings (SSSR count). The highest BCUT2D eigenvalue weighted by Gasteiger charge is 2.25. The van der Waals surface area contributed by atoms with E-state index in [1.165, 1.54) is 11.8 Å². The number of amides is 1. The molecule has 1 aromatic heterocycles. The fraction of sp³-hybridized carbons (Fsp3) is 0.533. The number of Topliss-reactive ketones (excluding diaryl/α,β-unsaturated/α-hetero) is 1. The molecule has 0 saturated heterocycles. The molecule has 0 aliphatic heterocycles. The molecule has 0 unspecified atom stereocenters. The number of hydrogen-bond acceptors (Lipinski definition) is 4. The van der Waals surface area contributed by atoms with Gasteiger partial charge < -0.3 is 14.2 Å². The molecule has 1 amide bonds. The maximum Gasteiger partial charge on any atom is 0.325 e. The lowest BCUT2D eigenvalue weighted by Gasteiger charge is -2.25. The number of ketones is 1. The third-order valence-electron chi connectivity index (χ3n) is 3.12. The molecule has 0 spiro atoms. The van der Waals surface area contributed by atoms with Crippen LogP contribution < -0.4 is 0 Å². The van der Waals surface area contributed by atoms with E-state index >= 15 is 0 Å². The fourth-order valence-corrected chi connectivity index (χ4v) is 1.95. The predicted molar refractivity (Wildman–Crippen MR) is 78.2 cm³/mol. The van der Waals surface area contributed by atoms with Crippen molar-refractivity contribution in [2.24, 2.45) is 7.05 Å². The summed E-state index contributed by atoms with van der Waals surface area (Å²) in [5.74, 6) is -0.847. The van der Waals surface area contributed by atoms with Gasteiger partial charge in [-0.05, 0) is 33.8 Å². The molecule has 0 aliphatic carbocycles. The summed E-state index contributed by atoms with van der Waals surface area (Å²) in [6.07, 6.45) is 1.61. The van der Waals surface area contributed by atoms with E-state index in [0.29, 0.717) is 11.3 Å². The number of hydrogen-bond donors (Lipinski definition) is 0. The second kappa shape index (κ2) is 7.06. The Morgan fingerprint density at radius 1 is 1.33 bits per heavy atom. The monoisotopic (exact) mass is 294 g/mol. The molecule has 1 aromatic rings. The molecule has 0 bridgehead atoms. The van der Waals surface area contributed by atoms with E-state index in [2.05, 4.69) is 0 Å². The van der Waals surface area contributed by atoms with Gasteiger partial charge in [0.05, 0.1) is 6.61 Å². The first-order chi connectivity index (χ1) is 9.77. The minimum atomic E-state index is -0.444. The van der Waals surface area contributed by atoms with E-state index in [4.69, 9.17) is 4.74 Å². The van der Waals surface area contributed by atoms with Crippen LogP contribution in [-0.2, 0) is 16.6 Å². The molecule has 0 aliphatic rings. The van der Waals surface area contributed by atoms with Crippen LogP contribution in [0.1, 0.15) is 48.5 Å². The second-order valence-corrected chi connectivity index (χ2v) is 5.11. The minimum Gasteiger partial charge on any atom is -0.465 e. The van der Waals surface area contributed by atoms with Gasteiger partial charge in [0.2, 0.25) is 0 Å². The summed E-state index contributed by atoms with van der Waals surface area (Å²) in [6, 6.07) is 1.39. The normalized spacial score (nSPS) is 10.6. The van der Waals surface area contributed by atoms with Gasteiger partial charge in [-0.25, -0.2) is 0 Å². The molecule has 0 fully saturated rings. The van der Waals surface area contributed by atoms with E-state index < -0.39 is 5.97 Å².